The Morgan fingerprint density at radius 3 is 2.03 bits per heavy atom. The minimum atomic E-state index is -4.10. The van der Waals surface area contributed by atoms with Gasteiger partial charge < -0.3 is 5.21 Å². The summed E-state index contributed by atoms with van der Waals surface area (Å²) >= 11 is 0. The largest absolute Gasteiger partial charge is 0.619 e. The molecule has 2 aromatic carbocycles. The summed E-state index contributed by atoms with van der Waals surface area (Å²) in [5.41, 5.74) is 0.698. The normalized spacial score (nSPS) is 15.0. The molecule has 0 radical (unpaired) electrons. The van der Waals surface area contributed by atoms with Crippen molar-refractivity contribution in [2.24, 2.45) is 0 Å². The van der Waals surface area contributed by atoms with Gasteiger partial charge in [-0.1, -0.05) is 32.9 Å². The second-order valence-electron chi connectivity index (χ2n) is 9.97. The number of benzene rings is 2. The zero-order valence-corrected chi connectivity index (χ0v) is 22.5. The number of carbonyl (C=O) groups is 1. The molecular formula is C26H29N3O6S2. The maximum Gasteiger partial charge on any atom is 0.261 e. The van der Waals surface area contributed by atoms with Gasteiger partial charge in [-0.2, -0.15) is 9.04 Å². The van der Waals surface area contributed by atoms with Gasteiger partial charge in [-0.25, -0.2) is 16.8 Å². The van der Waals surface area contributed by atoms with E-state index in [1.165, 1.54) is 46.8 Å². The number of rotatable bonds is 7. The fourth-order valence-corrected chi connectivity index (χ4v) is 6.72. The molecule has 0 bridgehead atoms. The predicted octanol–water partition coefficient (Wildman–Crippen LogP) is 3.43. The average molecular weight is 544 g/mol. The van der Waals surface area contributed by atoms with E-state index in [1.807, 2.05) is 20.8 Å². The van der Waals surface area contributed by atoms with Crippen LogP contribution in [0.25, 0.3) is 0 Å². The van der Waals surface area contributed by atoms with E-state index in [0.29, 0.717) is 17.8 Å². The molecule has 0 saturated carbocycles. The zero-order chi connectivity index (χ0) is 27.0. The molecule has 196 valence electrons. The lowest BCUT2D eigenvalue weighted by atomic mass is 9.87. The maximum absolute atomic E-state index is 13.4. The van der Waals surface area contributed by atoms with Crippen LogP contribution in [0.5, 0.6) is 0 Å². The van der Waals surface area contributed by atoms with Gasteiger partial charge in [-0.3, -0.25) is 9.52 Å². The van der Waals surface area contributed by atoms with Crippen LogP contribution in [0.15, 0.2) is 76.8 Å². The first-order chi connectivity index (χ1) is 17.3. The van der Waals surface area contributed by atoms with Gasteiger partial charge in [0.2, 0.25) is 10.0 Å². The zero-order valence-electron chi connectivity index (χ0n) is 20.8. The molecule has 9 nitrogen and oxygen atoms in total. The second kappa shape index (κ2) is 9.88. The summed E-state index contributed by atoms with van der Waals surface area (Å²) in [5, 5.41) is 11.4. The summed E-state index contributed by atoms with van der Waals surface area (Å²) in [4.78, 5) is 13.3. The van der Waals surface area contributed by atoms with Crippen LogP contribution in [0.1, 0.15) is 55.1 Å². The Labute approximate surface area is 217 Å². The molecule has 1 N–H and O–H groups in total. The summed E-state index contributed by atoms with van der Waals surface area (Å²) in [6.07, 6.45) is 3.77. The highest BCUT2D eigenvalue weighted by Crippen LogP contribution is 2.29. The van der Waals surface area contributed by atoms with Crippen molar-refractivity contribution in [2.75, 3.05) is 17.8 Å². The third-order valence-electron chi connectivity index (χ3n) is 6.28. The van der Waals surface area contributed by atoms with Crippen molar-refractivity contribution in [1.82, 2.24) is 4.31 Å². The Balaban J connectivity index is 1.76. The molecule has 11 heteroatoms. The van der Waals surface area contributed by atoms with Crippen LogP contribution in [0, 0.1) is 5.21 Å². The van der Waals surface area contributed by atoms with Crippen molar-refractivity contribution in [3.63, 3.8) is 0 Å². The number of carbonyl (C=O) groups excluding carboxylic acids is 1. The van der Waals surface area contributed by atoms with Crippen molar-refractivity contribution < 1.29 is 26.4 Å². The Morgan fingerprint density at radius 2 is 1.46 bits per heavy atom. The van der Waals surface area contributed by atoms with Gasteiger partial charge in [0.1, 0.15) is 0 Å². The molecule has 0 spiro atoms. The van der Waals surface area contributed by atoms with Crippen molar-refractivity contribution in [3.05, 3.63) is 88.9 Å². The number of sulfonamides is 2. The Hall–Kier alpha value is -3.28. The van der Waals surface area contributed by atoms with Gasteiger partial charge in [-0.05, 0) is 54.2 Å². The minimum absolute atomic E-state index is 0.000212. The van der Waals surface area contributed by atoms with E-state index in [4.69, 9.17) is 0 Å². The van der Waals surface area contributed by atoms with Gasteiger partial charge in [0.05, 0.1) is 15.5 Å². The number of hydrogen-bond donors (Lipinski definition) is 1. The molecule has 1 aromatic heterocycles. The molecule has 1 aliphatic rings. The minimum Gasteiger partial charge on any atom is -0.619 e. The van der Waals surface area contributed by atoms with E-state index in [1.54, 1.807) is 12.1 Å². The summed E-state index contributed by atoms with van der Waals surface area (Å²) in [7, 11) is -7.97. The van der Waals surface area contributed by atoms with E-state index >= 15 is 0 Å². The molecule has 1 aliphatic heterocycles. The number of pyridine rings is 1. The van der Waals surface area contributed by atoms with E-state index in [9.17, 15) is 26.8 Å². The molecule has 0 aliphatic carbocycles. The van der Waals surface area contributed by atoms with E-state index in [0.717, 1.165) is 30.8 Å². The Kier molecular flexibility index (Phi) is 7.15. The third kappa shape index (κ3) is 5.68. The second-order valence-corrected chi connectivity index (χ2v) is 13.6. The standard InChI is InChI=1S/C26H29N3O6S2/c1-26(2,3)20-6-8-21(9-7-20)36(32,33)27-24-11-10-22(37(34,35)29-14-4-5-15-29)18-23(24)25(30)19-12-16-28(31)17-13-19/h6-13,16-18,27H,4-5,14-15H2,1-3H3. The molecule has 1 fully saturated rings. The fraction of sp³-hybridized carbons (Fsp3) is 0.308. The number of ketones is 1. The van der Waals surface area contributed by atoms with E-state index in [2.05, 4.69) is 4.72 Å². The lowest BCUT2D eigenvalue weighted by Gasteiger charge is -2.20. The highest BCUT2D eigenvalue weighted by Gasteiger charge is 2.29. The first-order valence-corrected chi connectivity index (χ1v) is 14.7. The smallest absolute Gasteiger partial charge is 0.261 e. The van der Waals surface area contributed by atoms with Crippen LogP contribution < -0.4 is 9.45 Å². The van der Waals surface area contributed by atoms with Crippen LogP contribution in [0.3, 0.4) is 0 Å². The topological polar surface area (TPSA) is 128 Å². The van der Waals surface area contributed by atoms with Gasteiger partial charge in [0.15, 0.2) is 18.2 Å². The van der Waals surface area contributed by atoms with Crippen LogP contribution in [-0.2, 0) is 25.5 Å². The molecule has 3 aromatic rings. The highest BCUT2D eigenvalue weighted by atomic mass is 32.2. The van der Waals surface area contributed by atoms with Gasteiger partial charge in [-0.15, -0.1) is 0 Å². The Bertz CT molecular complexity index is 1520. The first-order valence-electron chi connectivity index (χ1n) is 11.8. The van der Waals surface area contributed by atoms with Crippen molar-refractivity contribution in [1.29, 1.82) is 0 Å². The summed E-state index contributed by atoms with van der Waals surface area (Å²) in [6, 6.07) is 12.8. The summed E-state index contributed by atoms with van der Waals surface area (Å²) in [6.45, 7) is 6.81. The van der Waals surface area contributed by atoms with E-state index < -0.39 is 25.8 Å². The van der Waals surface area contributed by atoms with Crippen LogP contribution >= 0.6 is 0 Å². The Morgan fingerprint density at radius 1 is 0.892 bits per heavy atom. The SMILES string of the molecule is CC(C)(C)c1ccc(S(=O)(=O)Nc2ccc(S(=O)(=O)N3CCCC3)cc2C(=O)c2cc[n+]([O-])cc2)cc1. The number of nitrogens with one attached hydrogen (secondary N) is 1. The predicted molar refractivity (Wildman–Crippen MR) is 139 cm³/mol. The number of anilines is 1. The lowest BCUT2D eigenvalue weighted by molar-refractivity contribution is -0.605. The van der Waals surface area contributed by atoms with Gasteiger partial charge >= 0.3 is 0 Å². The van der Waals surface area contributed by atoms with Crippen molar-refractivity contribution in [3.8, 4) is 0 Å². The molecule has 1 saturated heterocycles. The fourth-order valence-electron chi connectivity index (χ4n) is 4.10. The summed E-state index contributed by atoms with van der Waals surface area (Å²) < 4.78 is 57.0. The molecule has 4 rings (SSSR count). The van der Waals surface area contributed by atoms with Crippen molar-refractivity contribution >= 4 is 31.5 Å². The van der Waals surface area contributed by atoms with Crippen LogP contribution in [0.4, 0.5) is 5.69 Å². The van der Waals surface area contributed by atoms with Crippen molar-refractivity contribution in [2.45, 2.75) is 48.8 Å². The molecule has 37 heavy (non-hydrogen) atoms. The molecule has 2 heterocycles. The number of aromatic nitrogens is 1. The van der Waals surface area contributed by atoms with Gasteiger partial charge in [0, 0.05) is 36.3 Å². The third-order valence-corrected chi connectivity index (χ3v) is 9.55. The van der Waals surface area contributed by atoms with E-state index in [-0.39, 0.29) is 32.0 Å². The average Bonchev–Trinajstić information content (AvgIpc) is 3.40. The molecular weight excluding hydrogens is 514 g/mol. The number of hydrogen-bond acceptors (Lipinski definition) is 6. The molecule has 0 atom stereocenters. The highest BCUT2D eigenvalue weighted by molar-refractivity contribution is 7.92. The van der Waals surface area contributed by atoms with Crippen LogP contribution in [0.2, 0.25) is 0 Å². The monoisotopic (exact) mass is 543 g/mol. The molecule has 0 amide bonds. The lowest BCUT2D eigenvalue weighted by Crippen LogP contribution is -2.28. The quantitative estimate of drug-likeness (QED) is 0.276. The molecule has 0 unspecified atom stereocenters. The summed E-state index contributed by atoms with van der Waals surface area (Å²) in [5.74, 6) is -0.625. The van der Waals surface area contributed by atoms with Crippen LogP contribution in [-0.4, -0.2) is 40.0 Å². The number of nitrogens with zero attached hydrogens (tertiary/aromatic N) is 2. The first kappa shape index (κ1) is 26.8. The van der Waals surface area contributed by atoms with Gasteiger partial charge in [0.25, 0.3) is 10.0 Å². The maximum atomic E-state index is 13.4.